The molecular weight excluding hydrogens is 336 g/mol. The molecular formula is C14H9BrN4S. The van der Waals surface area contributed by atoms with Gasteiger partial charge in [-0.05, 0) is 39.7 Å². The van der Waals surface area contributed by atoms with Gasteiger partial charge < -0.3 is 4.57 Å². The molecule has 0 N–H and O–H groups in total. The van der Waals surface area contributed by atoms with Crippen LogP contribution in [0.15, 0.2) is 46.8 Å². The summed E-state index contributed by atoms with van der Waals surface area (Å²) in [5.41, 5.74) is 4.04. The smallest absolute Gasteiger partial charge is 0.160 e. The molecule has 0 radical (unpaired) electrons. The number of fused-ring (bicyclic) bond motifs is 2. The zero-order valence-electron chi connectivity index (χ0n) is 10.3. The lowest BCUT2D eigenvalue weighted by atomic mass is 10.2. The molecule has 3 heterocycles. The average Bonchev–Trinajstić information content (AvgIpc) is 3.03. The minimum absolute atomic E-state index is 0.723. The van der Waals surface area contributed by atoms with Gasteiger partial charge in [-0.25, -0.2) is 15.0 Å². The van der Waals surface area contributed by atoms with E-state index in [4.69, 9.17) is 0 Å². The molecule has 4 rings (SSSR count). The molecule has 0 saturated carbocycles. The van der Waals surface area contributed by atoms with Crippen LogP contribution in [0.25, 0.3) is 21.4 Å². The Morgan fingerprint density at radius 2 is 2.10 bits per heavy atom. The van der Waals surface area contributed by atoms with Gasteiger partial charge in [0.05, 0.1) is 23.1 Å². The summed E-state index contributed by atoms with van der Waals surface area (Å²) in [5, 5.41) is 0. The molecule has 0 saturated heterocycles. The third kappa shape index (κ3) is 1.92. The van der Waals surface area contributed by atoms with Crippen LogP contribution in [0.1, 0.15) is 5.56 Å². The van der Waals surface area contributed by atoms with Crippen LogP contribution in [0.3, 0.4) is 0 Å². The summed E-state index contributed by atoms with van der Waals surface area (Å²) in [6.07, 6.45) is 3.62. The Hall–Kier alpha value is -1.79. The van der Waals surface area contributed by atoms with E-state index in [1.165, 1.54) is 10.3 Å². The van der Waals surface area contributed by atoms with Crippen molar-refractivity contribution in [3.05, 3.63) is 52.3 Å². The monoisotopic (exact) mass is 344 g/mol. The maximum Gasteiger partial charge on any atom is 0.160 e. The van der Waals surface area contributed by atoms with E-state index in [1.54, 1.807) is 17.5 Å². The number of nitrogens with zero attached hydrogens (tertiary/aromatic N) is 4. The van der Waals surface area contributed by atoms with E-state index in [0.717, 1.165) is 27.1 Å². The molecule has 6 heteroatoms. The number of imidazole rings is 1. The van der Waals surface area contributed by atoms with Gasteiger partial charge in [0.1, 0.15) is 5.52 Å². The van der Waals surface area contributed by atoms with Gasteiger partial charge in [-0.3, -0.25) is 0 Å². The third-order valence-electron chi connectivity index (χ3n) is 3.19. The van der Waals surface area contributed by atoms with Gasteiger partial charge in [-0.1, -0.05) is 12.1 Å². The first-order chi connectivity index (χ1) is 9.81. The van der Waals surface area contributed by atoms with Crippen molar-refractivity contribution in [2.75, 3.05) is 0 Å². The summed E-state index contributed by atoms with van der Waals surface area (Å²) in [5.74, 6) is 0. The van der Waals surface area contributed by atoms with Crippen LogP contribution in [0.4, 0.5) is 0 Å². The lowest BCUT2D eigenvalue weighted by Gasteiger charge is -2.04. The largest absolute Gasteiger partial charge is 0.311 e. The van der Waals surface area contributed by atoms with E-state index in [2.05, 4.69) is 53.6 Å². The van der Waals surface area contributed by atoms with Crippen molar-refractivity contribution in [3.63, 3.8) is 0 Å². The number of benzene rings is 1. The molecule has 3 aromatic heterocycles. The Morgan fingerprint density at radius 3 is 3.05 bits per heavy atom. The first-order valence-electron chi connectivity index (χ1n) is 6.11. The van der Waals surface area contributed by atoms with Crippen molar-refractivity contribution in [1.29, 1.82) is 0 Å². The topological polar surface area (TPSA) is 43.6 Å². The van der Waals surface area contributed by atoms with Gasteiger partial charge in [-0.2, -0.15) is 0 Å². The standard InChI is InChI=1S/C14H9BrN4S/c15-14-18-12-9(3-1-5-11(12)20-14)7-19-8-17-10-4-2-6-16-13(10)19/h1-6,8H,7H2. The Balaban J connectivity index is 1.84. The zero-order valence-corrected chi connectivity index (χ0v) is 12.7. The van der Waals surface area contributed by atoms with Crippen molar-refractivity contribution in [2.24, 2.45) is 0 Å². The molecule has 0 unspecified atom stereocenters. The first kappa shape index (κ1) is 12.0. The van der Waals surface area contributed by atoms with E-state index in [0.29, 0.717) is 0 Å². The molecule has 4 aromatic rings. The van der Waals surface area contributed by atoms with Gasteiger partial charge in [0.25, 0.3) is 0 Å². The van der Waals surface area contributed by atoms with Gasteiger partial charge in [0, 0.05) is 6.20 Å². The third-order valence-corrected chi connectivity index (χ3v) is 4.66. The fourth-order valence-electron chi connectivity index (χ4n) is 2.30. The van der Waals surface area contributed by atoms with E-state index < -0.39 is 0 Å². The highest BCUT2D eigenvalue weighted by Crippen LogP contribution is 2.28. The molecule has 1 aromatic carbocycles. The Kier molecular flexibility index (Phi) is 2.78. The van der Waals surface area contributed by atoms with Crippen LogP contribution in [0, 0.1) is 0 Å². The molecule has 0 atom stereocenters. The van der Waals surface area contributed by atoms with Gasteiger partial charge in [0.15, 0.2) is 9.56 Å². The van der Waals surface area contributed by atoms with Crippen LogP contribution < -0.4 is 0 Å². The minimum Gasteiger partial charge on any atom is -0.311 e. The van der Waals surface area contributed by atoms with Crippen molar-refractivity contribution < 1.29 is 0 Å². The number of thiazole rings is 1. The lowest BCUT2D eigenvalue weighted by Crippen LogP contribution is -1.99. The number of hydrogen-bond acceptors (Lipinski definition) is 4. The number of hydrogen-bond donors (Lipinski definition) is 0. The summed E-state index contributed by atoms with van der Waals surface area (Å²) in [4.78, 5) is 13.3. The van der Waals surface area contributed by atoms with Crippen LogP contribution in [0.5, 0.6) is 0 Å². The number of pyridine rings is 1. The molecule has 0 bridgehead atoms. The van der Waals surface area contributed by atoms with Gasteiger partial charge in [0.2, 0.25) is 0 Å². The second-order valence-corrected chi connectivity index (χ2v) is 6.76. The predicted octanol–water partition coefficient (Wildman–Crippen LogP) is 3.85. The molecule has 0 aliphatic heterocycles. The normalized spacial score (nSPS) is 11.4. The highest BCUT2D eigenvalue weighted by atomic mass is 79.9. The quantitative estimate of drug-likeness (QED) is 0.554. The van der Waals surface area contributed by atoms with Gasteiger partial charge >= 0.3 is 0 Å². The van der Waals surface area contributed by atoms with Crippen molar-refractivity contribution >= 4 is 48.6 Å². The number of rotatable bonds is 2. The van der Waals surface area contributed by atoms with Crippen molar-refractivity contribution in [2.45, 2.75) is 6.54 Å². The second-order valence-electron chi connectivity index (χ2n) is 4.45. The van der Waals surface area contributed by atoms with Crippen LogP contribution >= 0.6 is 27.3 Å². The second kappa shape index (κ2) is 4.64. The summed E-state index contributed by atoms with van der Waals surface area (Å²) < 4.78 is 4.15. The molecule has 4 nitrogen and oxygen atoms in total. The average molecular weight is 345 g/mol. The van der Waals surface area contributed by atoms with Crippen LogP contribution in [-0.2, 0) is 6.54 Å². The molecule has 0 fully saturated rings. The van der Waals surface area contributed by atoms with E-state index in [1.807, 2.05) is 18.5 Å². The maximum absolute atomic E-state index is 4.55. The first-order valence-corrected chi connectivity index (χ1v) is 7.72. The van der Waals surface area contributed by atoms with E-state index >= 15 is 0 Å². The molecule has 0 spiro atoms. The predicted molar refractivity (Wildman–Crippen MR) is 84.0 cm³/mol. The summed E-state index contributed by atoms with van der Waals surface area (Å²) in [6, 6.07) is 10.1. The SMILES string of the molecule is Brc1nc2c(Cn3cnc4cccnc43)cccc2s1. The molecule has 0 aliphatic rings. The Morgan fingerprint density at radius 1 is 1.15 bits per heavy atom. The van der Waals surface area contributed by atoms with E-state index in [-0.39, 0.29) is 0 Å². The fraction of sp³-hybridized carbons (Fsp3) is 0.0714. The Labute approximate surface area is 127 Å². The number of halogens is 1. The zero-order chi connectivity index (χ0) is 13.5. The van der Waals surface area contributed by atoms with Crippen molar-refractivity contribution in [1.82, 2.24) is 19.5 Å². The van der Waals surface area contributed by atoms with Crippen molar-refractivity contribution in [3.8, 4) is 0 Å². The molecule has 0 amide bonds. The fourth-order valence-corrected chi connectivity index (χ4v) is 3.74. The highest BCUT2D eigenvalue weighted by Gasteiger charge is 2.09. The minimum atomic E-state index is 0.723. The maximum atomic E-state index is 4.55. The number of aromatic nitrogens is 4. The summed E-state index contributed by atoms with van der Waals surface area (Å²) in [6.45, 7) is 0.723. The molecule has 0 aliphatic carbocycles. The van der Waals surface area contributed by atoms with Crippen LogP contribution in [-0.4, -0.2) is 19.5 Å². The Bertz CT molecular complexity index is 912. The van der Waals surface area contributed by atoms with E-state index in [9.17, 15) is 0 Å². The van der Waals surface area contributed by atoms with Gasteiger partial charge in [-0.15, -0.1) is 11.3 Å². The summed E-state index contributed by atoms with van der Waals surface area (Å²) in [7, 11) is 0. The summed E-state index contributed by atoms with van der Waals surface area (Å²) >= 11 is 5.10. The molecule has 20 heavy (non-hydrogen) atoms. The number of para-hydroxylation sites is 1. The lowest BCUT2D eigenvalue weighted by molar-refractivity contribution is 0.818. The highest BCUT2D eigenvalue weighted by molar-refractivity contribution is 9.11. The molecule has 98 valence electrons. The van der Waals surface area contributed by atoms with Crippen LogP contribution in [0.2, 0.25) is 0 Å².